The van der Waals surface area contributed by atoms with Gasteiger partial charge < -0.3 is 14.8 Å². The third kappa shape index (κ3) is 4.92. The van der Waals surface area contributed by atoms with Crippen molar-refractivity contribution in [3.63, 3.8) is 0 Å². The molecule has 0 saturated heterocycles. The molecule has 3 rings (SSSR count). The van der Waals surface area contributed by atoms with Crippen LogP contribution < -0.4 is 20.3 Å². The number of carbonyl (C=O) groups excluding carboxylic acids is 1. The first-order valence-electron chi connectivity index (χ1n) is 9.39. The third-order valence-electron chi connectivity index (χ3n) is 4.61. The lowest BCUT2D eigenvalue weighted by Gasteiger charge is -2.24. The molecule has 0 fully saturated rings. The molecule has 29 heavy (non-hydrogen) atoms. The van der Waals surface area contributed by atoms with Crippen LogP contribution in [0.2, 0.25) is 0 Å². The van der Waals surface area contributed by atoms with E-state index < -0.39 is 16.4 Å². The summed E-state index contributed by atoms with van der Waals surface area (Å²) in [5.41, 5.74) is 0.118. The minimum Gasteiger partial charge on any atom is -0.490 e. The van der Waals surface area contributed by atoms with Crippen LogP contribution in [0.25, 0.3) is 0 Å². The largest absolute Gasteiger partial charge is 0.490 e. The van der Waals surface area contributed by atoms with E-state index >= 15 is 0 Å². The molecule has 0 saturated carbocycles. The Morgan fingerprint density at radius 3 is 2.62 bits per heavy atom. The molecule has 0 spiro atoms. The summed E-state index contributed by atoms with van der Waals surface area (Å²) in [4.78, 5) is 34.8. The molecule has 1 aliphatic heterocycles. The number of nitrogens with one attached hydrogen (secondary N) is 1. The van der Waals surface area contributed by atoms with Crippen molar-refractivity contribution in [2.24, 2.45) is 5.92 Å². The van der Waals surface area contributed by atoms with Crippen LogP contribution in [0.5, 0.6) is 11.5 Å². The lowest BCUT2D eigenvalue weighted by atomic mass is 9.95. The number of aromatic nitrogens is 1. The fraction of sp³-hybridized carbons (Fsp3) is 0.400. The van der Waals surface area contributed by atoms with Crippen LogP contribution in [0.4, 0.5) is 5.69 Å². The lowest BCUT2D eigenvalue weighted by molar-refractivity contribution is -0.385. The van der Waals surface area contributed by atoms with Crippen molar-refractivity contribution in [1.29, 1.82) is 0 Å². The second-order valence-corrected chi connectivity index (χ2v) is 7.16. The van der Waals surface area contributed by atoms with Crippen molar-refractivity contribution in [3.05, 3.63) is 62.6 Å². The standard InChI is InChI=1S/C20H23N3O6/c1-13(2)20(14-4-6-16-17(10-14)29-9-3-8-28-16)21-18(24)12-22-11-15(23(26)27)5-7-19(22)25/h4-7,10-11,13,20H,3,8-9,12H2,1-2H3,(H,21,24). The first-order valence-corrected chi connectivity index (χ1v) is 9.39. The minimum absolute atomic E-state index is 0.0607. The number of carbonyl (C=O) groups is 1. The minimum atomic E-state index is -0.609. The molecule has 1 aromatic heterocycles. The quantitative estimate of drug-likeness (QED) is 0.588. The number of rotatable bonds is 6. The zero-order valence-electron chi connectivity index (χ0n) is 16.3. The third-order valence-corrected chi connectivity index (χ3v) is 4.61. The zero-order valence-corrected chi connectivity index (χ0v) is 16.3. The van der Waals surface area contributed by atoms with E-state index in [2.05, 4.69) is 5.32 Å². The molecular formula is C20H23N3O6. The number of amides is 1. The van der Waals surface area contributed by atoms with E-state index in [1.54, 1.807) is 0 Å². The molecule has 0 aliphatic carbocycles. The van der Waals surface area contributed by atoms with Crippen molar-refractivity contribution in [2.75, 3.05) is 13.2 Å². The van der Waals surface area contributed by atoms with E-state index in [0.29, 0.717) is 24.7 Å². The fourth-order valence-electron chi connectivity index (χ4n) is 3.13. The van der Waals surface area contributed by atoms with Gasteiger partial charge >= 0.3 is 0 Å². The molecule has 1 aliphatic rings. The summed E-state index contributed by atoms with van der Waals surface area (Å²) in [5, 5.41) is 13.8. The summed E-state index contributed by atoms with van der Waals surface area (Å²) in [6.07, 6.45) is 1.87. The molecule has 154 valence electrons. The van der Waals surface area contributed by atoms with Crippen LogP contribution in [0.3, 0.4) is 0 Å². The van der Waals surface area contributed by atoms with E-state index in [1.165, 1.54) is 0 Å². The number of benzene rings is 1. The number of nitrogens with zero attached hydrogens (tertiary/aromatic N) is 2. The molecule has 1 N–H and O–H groups in total. The van der Waals surface area contributed by atoms with Crippen molar-refractivity contribution in [1.82, 2.24) is 9.88 Å². The molecule has 1 aromatic carbocycles. The summed E-state index contributed by atoms with van der Waals surface area (Å²) >= 11 is 0. The molecule has 1 atom stereocenters. The molecule has 1 unspecified atom stereocenters. The van der Waals surface area contributed by atoms with Crippen molar-refractivity contribution in [2.45, 2.75) is 32.9 Å². The number of fused-ring (bicyclic) bond motifs is 1. The highest BCUT2D eigenvalue weighted by Crippen LogP contribution is 2.34. The lowest BCUT2D eigenvalue weighted by Crippen LogP contribution is -2.36. The molecule has 0 radical (unpaired) electrons. The first kappa shape index (κ1) is 20.4. The zero-order chi connectivity index (χ0) is 21.0. The van der Waals surface area contributed by atoms with Crippen LogP contribution in [-0.4, -0.2) is 28.6 Å². The Balaban J connectivity index is 1.78. The van der Waals surface area contributed by atoms with Gasteiger partial charge in [0.2, 0.25) is 5.91 Å². The Labute approximate surface area is 167 Å². The Hall–Kier alpha value is -3.36. The first-order chi connectivity index (χ1) is 13.8. The average molecular weight is 401 g/mol. The van der Waals surface area contributed by atoms with Gasteiger partial charge in [-0.3, -0.25) is 24.3 Å². The molecule has 2 aromatic rings. The number of pyridine rings is 1. The van der Waals surface area contributed by atoms with E-state index in [1.807, 2.05) is 32.0 Å². The van der Waals surface area contributed by atoms with Gasteiger partial charge in [0, 0.05) is 18.6 Å². The van der Waals surface area contributed by atoms with Gasteiger partial charge in [-0.2, -0.15) is 0 Å². The molecule has 1 amide bonds. The van der Waals surface area contributed by atoms with Gasteiger partial charge in [-0.1, -0.05) is 19.9 Å². The summed E-state index contributed by atoms with van der Waals surface area (Å²) in [5.74, 6) is 0.946. The van der Waals surface area contributed by atoms with Gasteiger partial charge in [-0.15, -0.1) is 0 Å². The van der Waals surface area contributed by atoms with Gasteiger partial charge in [0.25, 0.3) is 11.2 Å². The van der Waals surface area contributed by atoms with Gasteiger partial charge in [0.1, 0.15) is 6.54 Å². The summed E-state index contributed by atoms with van der Waals surface area (Å²) < 4.78 is 12.4. The van der Waals surface area contributed by atoms with Crippen LogP contribution in [0, 0.1) is 16.0 Å². The number of hydrogen-bond acceptors (Lipinski definition) is 6. The maximum absolute atomic E-state index is 12.6. The van der Waals surface area contributed by atoms with Crippen LogP contribution in [0.1, 0.15) is 31.9 Å². The second kappa shape index (κ2) is 8.76. The van der Waals surface area contributed by atoms with Gasteiger partial charge in [0.15, 0.2) is 11.5 Å². The van der Waals surface area contributed by atoms with E-state index in [9.17, 15) is 19.7 Å². The van der Waals surface area contributed by atoms with Crippen molar-refractivity contribution >= 4 is 11.6 Å². The molecule has 0 bridgehead atoms. The van der Waals surface area contributed by atoms with E-state index in [0.717, 1.165) is 34.9 Å². The van der Waals surface area contributed by atoms with E-state index in [-0.39, 0.29) is 24.2 Å². The number of hydrogen-bond donors (Lipinski definition) is 1. The number of nitro groups is 1. The maximum atomic E-state index is 12.6. The van der Waals surface area contributed by atoms with Gasteiger partial charge in [0.05, 0.1) is 30.4 Å². The van der Waals surface area contributed by atoms with Crippen molar-refractivity contribution < 1.29 is 19.2 Å². The predicted molar refractivity (Wildman–Crippen MR) is 105 cm³/mol. The summed E-state index contributed by atoms with van der Waals surface area (Å²) in [6, 6.07) is 7.42. The van der Waals surface area contributed by atoms with Crippen LogP contribution in [-0.2, 0) is 11.3 Å². The highest BCUT2D eigenvalue weighted by Gasteiger charge is 2.22. The van der Waals surface area contributed by atoms with Gasteiger partial charge in [-0.25, -0.2) is 0 Å². The average Bonchev–Trinajstić information content (AvgIpc) is 2.92. The van der Waals surface area contributed by atoms with E-state index in [4.69, 9.17) is 9.47 Å². The summed E-state index contributed by atoms with van der Waals surface area (Å²) in [7, 11) is 0. The maximum Gasteiger partial charge on any atom is 0.285 e. The Bertz CT molecular complexity index is 969. The highest BCUT2D eigenvalue weighted by molar-refractivity contribution is 5.76. The topological polar surface area (TPSA) is 113 Å². The Kier molecular flexibility index (Phi) is 6.16. The highest BCUT2D eigenvalue weighted by atomic mass is 16.6. The second-order valence-electron chi connectivity index (χ2n) is 7.16. The van der Waals surface area contributed by atoms with Gasteiger partial charge in [-0.05, 0) is 23.6 Å². The van der Waals surface area contributed by atoms with Crippen molar-refractivity contribution in [3.8, 4) is 11.5 Å². The predicted octanol–water partition coefficient (Wildman–Crippen LogP) is 2.43. The molecule has 2 heterocycles. The Morgan fingerprint density at radius 1 is 1.21 bits per heavy atom. The molecular weight excluding hydrogens is 378 g/mol. The smallest absolute Gasteiger partial charge is 0.285 e. The van der Waals surface area contributed by atoms with Crippen LogP contribution in [0.15, 0.2) is 41.3 Å². The Morgan fingerprint density at radius 2 is 1.93 bits per heavy atom. The monoisotopic (exact) mass is 401 g/mol. The number of ether oxygens (including phenoxy) is 2. The SMILES string of the molecule is CC(C)C(NC(=O)Cn1cc([N+](=O)[O-])ccc1=O)c1ccc2c(c1)OCCCO2. The molecule has 9 nitrogen and oxygen atoms in total. The summed E-state index contributed by atoms with van der Waals surface area (Å²) in [6.45, 7) is 4.77. The molecule has 9 heteroatoms. The van der Waals surface area contributed by atoms with Crippen LogP contribution >= 0.6 is 0 Å². The normalized spacial score (nSPS) is 14.2. The fourth-order valence-corrected chi connectivity index (χ4v) is 3.13.